The molecule has 2 aliphatic rings. The summed E-state index contributed by atoms with van der Waals surface area (Å²) in [5.74, 6) is -0.262. The summed E-state index contributed by atoms with van der Waals surface area (Å²) in [7, 11) is 0. The third kappa shape index (κ3) is 2.55. The van der Waals surface area contributed by atoms with E-state index in [9.17, 15) is 4.39 Å². The van der Waals surface area contributed by atoms with Crippen LogP contribution in [0.5, 0.6) is 0 Å². The number of nitrogens with one attached hydrogen (secondary N) is 1. The fraction of sp³-hybridized carbons (Fsp3) is 0.538. The minimum absolute atomic E-state index is 0.262. The molecule has 92 valence electrons. The average molecular weight is 255 g/mol. The van der Waals surface area contributed by atoms with E-state index in [4.69, 9.17) is 11.6 Å². The Morgan fingerprint density at radius 2 is 2.12 bits per heavy atom. The molecule has 1 aromatic rings. The van der Waals surface area contributed by atoms with E-state index in [2.05, 4.69) is 10.2 Å². The van der Waals surface area contributed by atoms with E-state index >= 15 is 0 Å². The second-order valence-corrected chi connectivity index (χ2v) is 5.42. The highest BCUT2D eigenvalue weighted by molar-refractivity contribution is 6.30. The topological polar surface area (TPSA) is 15.3 Å². The molecule has 1 aromatic carbocycles. The summed E-state index contributed by atoms with van der Waals surface area (Å²) >= 11 is 5.73. The van der Waals surface area contributed by atoms with Crippen molar-refractivity contribution >= 4 is 17.3 Å². The lowest BCUT2D eigenvalue weighted by Crippen LogP contribution is -2.27. The van der Waals surface area contributed by atoms with Gasteiger partial charge in [-0.3, -0.25) is 4.90 Å². The molecule has 0 bridgehead atoms. The van der Waals surface area contributed by atoms with Crippen molar-refractivity contribution in [1.82, 2.24) is 4.90 Å². The molecule has 1 N–H and O–H groups in total. The van der Waals surface area contributed by atoms with Crippen LogP contribution in [0.1, 0.15) is 19.3 Å². The maximum absolute atomic E-state index is 13.6. The maximum Gasteiger partial charge on any atom is 0.147 e. The van der Waals surface area contributed by atoms with Gasteiger partial charge in [0.15, 0.2) is 0 Å². The second kappa shape index (κ2) is 4.46. The van der Waals surface area contributed by atoms with Crippen molar-refractivity contribution in [2.45, 2.75) is 31.3 Å². The molecule has 1 atom stereocenters. The zero-order valence-electron chi connectivity index (χ0n) is 9.63. The van der Waals surface area contributed by atoms with Crippen LogP contribution >= 0.6 is 11.6 Å². The van der Waals surface area contributed by atoms with Crippen LogP contribution in [-0.4, -0.2) is 30.1 Å². The molecule has 3 rings (SSSR count). The molecule has 0 amide bonds. The van der Waals surface area contributed by atoms with Gasteiger partial charge in [0.25, 0.3) is 0 Å². The highest BCUT2D eigenvalue weighted by Gasteiger charge is 2.34. The molecular weight excluding hydrogens is 239 g/mol. The van der Waals surface area contributed by atoms with Crippen LogP contribution in [0.3, 0.4) is 0 Å². The van der Waals surface area contributed by atoms with Gasteiger partial charge in [-0.05, 0) is 37.5 Å². The van der Waals surface area contributed by atoms with E-state index in [0.29, 0.717) is 16.8 Å². The second-order valence-electron chi connectivity index (χ2n) is 4.98. The molecule has 1 heterocycles. The molecular formula is C13H16ClFN2. The first kappa shape index (κ1) is 11.3. The Morgan fingerprint density at radius 1 is 1.29 bits per heavy atom. The van der Waals surface area contributed by atoms with Crippen molar-refractivity contribution in [1.29, 1.82) is 0 Å². The van der Waals surface area contributed by atoms with Crippen LogP contribution in [0.15, 0.2) is 18.2 Å². The van der Waals surface area contributed by atoms with Crippen molar-refractivity contribution in [3.8, 4) is 0 Å². The molecule has 2 fully saturated rings. The zero-order valence-corrected chi connectivity index (χ0v) is 10.4. The smallest absolute Gasteiger partial charge is 0.147 e. The third-order valence-corrected chi connectivity index (χ3v) is 3.81. The highest BCUT2D eigenvalue weighted by Crippen LogP contribution is 2.31. The standard InChI is InChI=1S/C13H16ClFN2/c14-9-1-4-13(12(15)7-9)16-10-5-6-17(8-10)11-2-3-11/h1,4,7,10-11,16H,2-3,5-6,8H2. The van der Waals surface area contributed by atoms with Crippen LogP contribution < -0.4 is 5.32 Å². The largest absolute Gasteiger partial charge is 0.379 e. The SMILES string of the molecule is Fc1cc(Cl)ccc1NC1CCN(C2CC2)C1. The van der Waals surface area contributed by atoms with E-state index in [-0.39, 0.29) is 5.82 Å². The van der Waals surface area contributed by atoms with E-state index in [1.165, 1.54) is 18.9 Å². The first-order valence-electron chi connectivity index (χ1n) is 6.18. The summed E-state index contributed by atoms with van der Waals surface area (Å²) < 4.78 is 13.6. The number of benzene rings is 1. The minimum Gasteiger partial charge on any atom is -0.379 e. The van der Waals surface area contributed by atoms with Crippen LogP contribution in [-0.2, 0) is 0 Å². The molecule has 17 heavy (non-hydrogen) atoms. The first-order valence-corrected chi connectivity index (χ1v) is 6.56. The zero-order chi connectivity index (χ0) is 11.8. The summed E-state index contributed by atoms with van der Waals surface area (Å²) in [5.41, 5.74) is 0.567. The van der Waals surface area contributed by atoms with Crippen molar-refractivity contribution in [2.75, 3.05) is 18.4 Å². The van der Waals surface area contributed by atoms with Gasteiger partial charge in [0, 0.05) is 30.2 Å². The Bertz CT molecular complexity index is 420. The van der Waals surface area contributed by atoms with Crippen LogP contribution in [0, 0.1) is 5.82 Å². The van der Waals surface area contributed by atoms with Crippen molar-refractivity contribution in [3.63, 3.8) is 0 Å². The monoisotopic (exact) mass is 254 g/mol. The molecule has 1 unspecified atom stereocenters. The lowest BCUT2D eigenvalue weighted by atomic mass is 10.2. The number of hydrogen-bond donors (Lipinski definition) is 1. The summed E-state index contributed by atoms with van der Waals surface area (Å²) in [6.07, 6.45) is 3.77. The van der Waals surface area contributed by atoms with Crippen molar-refractivity contribution < 1.29 is 4.39 Å². The van der Waals surface area contributed by atoms with Gasteiger partial charge < -0.3 is 5.32 Å². The highest BCUT2D eigenvalue weighted by atomic mass is 35.5. The molecule has 1 aliphatic heterocycles. The van der Waals surface area contributed by atoms with E-state index < -0.39 is 0 Å². The molecule has 0 aromatic heterocycles. The minimum atomic E-state index is -0.262. The van der Waals surface area contributed by atoms with Crippen molar-refractivity contribution in [2.24, 2.45) is 0 Å². The van der Waals surface area contributed by atoms with Gasteiger partial charge >= 0.3 is 0 Å². The number of rotatable bonds is 3. The molecule has 1 saturated carbocycles. The van der Waals surface area contributed by atoms with E-state index in [1.54, 1.807) is 12.1 Å². The Labute approximate surface area is 106 Å². The fourth-order valence-corrected chi connectivity index (χ4v) is 2.66. The van der Waals surface area contributed by atoms with Gasteiger partial charge in [0.05, 0.1) is 5.69 Å². The Kier molecular flexibility index (Phi) is 2.97. The fourth-order valence-electron chi connectivity index (χ4n) is 2.50. The van der Waals surface area contributed by atoms with Gasteiger partial charge in [0.1, 0.15) is 5.82 Å². The van der Waals surface area contributed by atoms with Gasteiger partial charge in [-0.15, -0.1) is 0 Å². The number of anilines is 1. The van der Waals surface area contributed by atoms with Crippen LogP contribution in [0.2, 0.25) is 5.02 Å². The summed E-state index contributed by atoms with van der Waals surface area (Å²) in [6.45, 7) is 2.17. The van der Waals surface area contributed by atoms with E-state index in [0.717, 1.165) is 25.6 Å². The third-order valence-electron chi connectivity index (χ3n) is 3.57. The molecule has 0 spiro atoms. The van der Waals surface area contributed by atoms with Crippen molar-refractivity contribution in [3.05, 3.63) is 29.0 Å². The molecule has 2 nitrogen and oxygen atoms in total. The quantitative estimate of drug-likeness (QED) is 0.892. The molecule has 1 aliphatic carbocycles. The molecule has 4 heteroatoms. The number of nitrogens with zero attached hydrogens (tertiary/aromatic N) is 1. The lowest BCUT2D eigenvalue weighted by molar-refractivity contribution is 0.326. The first-order chi connectivity index (χ1) is 8.22. The summed E-state index contributed by atoms with van der Waals surface area (Å²) in [6, 6.07) is 5.97. The Balaban J connectivity index is 1.63. The van der Waals surface area contributed by atoms with Gasteiger partial charge in [-0.1, -0.05) is 11.6 Å². The lowest BCUT2D eigenvalue weighted by Gasteiger charge is -2.17. The van der Waals surface area contributed by atoms with Gasteiger partial charge in [-0.25, -0.2) is 4.39 Å². The predicted octanol–water partition coefficient (Wildman–Crippen LogP) is 3.13. The van der Waals surface area contributed by atoms with Gasteiger partial charge in [0.2, 0.25) is 0 Å². The Hall–Kier alpha value is -0.800. The maximum atomic E-state index is 13.6. The summed E-state index contributed by atoms with van der Waals surface area (Å²) in [4.78, 5) is 2.51. The summed E-state index contributed by atoms with van der Waals surface area (Å²) in [5, 5.41) is 3.72. The van der Waals surface area contributed by atoms with Gasteiger partial charge in [-0.2, -0.15) is 0 Å². The predicted molar refractivity (Wildman–Crippen MR) is 68.0 cm³/mol. The van der Waals surface area contributed by atoms with Crippen LogP contribution in [0.4, 0.5) is 10.1 Å². The Morgan fingerprint density at radius 3 is 2.82 bits per heavy atom. The van der Waals surface area contributed by atoms with E-state index in [1.807, 2.05) is 0 Å². The van der Waals surface area contributed by atoms with Crippen LogP contribution in [0.25, 0.3) is 0 Å². The number of likely N-dealkylation sites (tertiary alicyclic amines) is 1. The molecule has 0 radical (unpaired) electrons. The number of halogens is 2. The number of hydrogen-bond acceptors (Lipinski definition) is 2. The molecule has 1 saturated heterocycles. The average Bonchev–Trinajstić information content (AvgIpc) is 3.04. The normalized spacial score (nSPS) is 25.2.